The van der Waals surface area contributed by atoms with Crippen molar-refractivity contribution >= 4 is 5.71 Å². The van der Waals surface area contributed by atoms with Crippen LogP contribution in [0.1, 0.15) is 18.1 Å². The van der Waals surface area contributed by atoms with Gasteiger partial charge in [-0.05, 0) is 13.0 Å². The summed E-state index contributed by atoms with van der Waals surface area (Å²) in [5, 5.41) is 6.55. The molecule has 0 aromatic carbocycles. The topological polar surface area (TPSA) is 71.2 Å². The minimum Gasteiger partial charge on any atom is -0.472 e. The van der Waals surface area contributed by atoms with Gasteiger partial charge in [0.15, 0.2) is 0 Å². The highest BCUT2D eigenvalue weighted by atomic mass is 16.3. The summed E-state index contributed by atoms with van der Waals surface area (Å²) >= 11 is 0. The Hall–Kier alpha value is -2.17. The molecule has 0 aliphatic carbocycles. The van der Waals surface area contributed by atoms with Gasteiger partial charge in [-0.25, -0.2) is 5.10 Å². The molecule has 80 valence electrons. The number of rotatable bonds is 1. The minimum atomic E-state index is -0.180. The van der Waals surface area contributed by atoms with Crippen LogP contribution in [-0.2, 0) is 6.54 Å². The monoisotopic (exact) mass is 215 g/mol. The normalized spacial score (nSPS) is 13.7. The van der Waals surface area contributed by atoms with Gasteiger partial charge in [0.1, 0.15) is 0 Å². The van der Waals surface area contributed by atoms with Crippen LogP contribution in [0.25, 0.3) is 11.3 Å². The van der Waals surface area contributed by atoms with Crippen molar-refractivity contribution in [3.05, 3.63) is 40.1 Å². The highest BCUT2D eigenvalue weighted by Crippen LogP contribution is 2.26. The van der Waals surface area contributed by atoms with Gasteiger partial charge in [0, 0.05) is 16.8 Å². The van der Waals surface area contributed by atoms with E-state index in [1.165, 1.54) is 0 Å². The van der Waals surface area contributed by atoms with Gasteiger partial charge in [-0.2, -0.15) is 5.10 Å². The molecule has 2 aromatic heterocycles. The van der Waals surface area contributed by atoms with Gasteiger partial charge in [-0.3, -0.25) is 9.79 Å². The van der Waals surface area contributed by atoms with Crippen molar-refractivity contribution in [3.8, 4) is 11.3 Å². The highest BCUT2D eigenvalue weighted by Gasteiger charge is 2.21. The van der Waals surface area contributed by atoms with Crippen LogP contribution in [0.5, 0.6) is 0 Å². The zero-order valence-corrected chi connectivity index (χ0v) is 8.65. The van der Waals surface area contributed by atoms with Crippen LogP contribution >= 0.6 is 0 Å². The van der Waals surface area contributed by atoms with Gasteiger partial charge in [-0.1, -0.05) is 0 Å². The van der Waals surface area contributed by atoms with E-state index in [2.05, 4.69) is 15.2 Å². The first-order valence-electron chi connectivity index (χ1n) is 4.93. The number of furan rings is 1. The number of nitrogens with zero attached hydrogens (tertiary/aromatic N) is 2. The van der Waals surface area contributed by atoms with Crippen molar-refractivity contribution in [1.29, 1.82) is 0 Å². The van der Waals surface area contributed by atoms with E-state index in [4.69, 9.17) is 4.42 Å². The van der Waals surface area contributed by atoms with Crippen LogP contribution in [0.15, 0.2) is 32.8 Å². The van der Waals surface area contributed by atoms with E-state index in [-0.39, 0.29) is 5.56 Å². The summed E-state index contributed by atoms with van der Waals surface area (Å²) in [5.41, 5.74) is 3.71. The zero-order valence-electron chi connectivity index (χ0n) is 8.65. The summed E-state index contributed by atoms with van der Waals surface area (Å²) in [6.45, 7) is 2.35. The standard InChI is InChI=1S/C11H9N3O2/c1-6-9-8(4-12-6)10(13-14-11(9)15)7-2-3-16-5-7/h2-3,5H,4H2,1H3,(H,14,15). The Balaban J connectivity index is 2.29. The quantitative estimate of drug-likeness (QED) is 0.780. The first-order chi connectivity index (χ1) is 7.77. The third-order valence-corrected chi connectivity index (χ3v) is 2.71. The molecule has 1 aliphatic rings. The zero-order chi connectivity index (χ0) is 11.1. The molecular formula is C11H9N3O2. The number of aromatic amines is 1. The third kappa shape index (κ3) is 1.14. The lowest BCUT2D eigenvalue weighted by molar-refractivity contribution is 0.568. The highest BCUT2D eigenvalue weighted by molar-refractivity contribution is 6.02. The van der Waals surface area contributed by atoms with Gasteiger partial charge >= 0.3 is 0 Å². The predicted octanol–water partition coefficient (Wildman–Crippen LogP) is 1.35. The summed E-state index contributed by atoms with van der Waals surface area (Å²) in [6.07, 6.45) is 3.19. The second kappa shape index (κ2) is 3.16. The molecule has 0 unspecified atom stereocenters. The van der Waals surface area contributed by atoms with Gasteiger partial charge in [0.2, 0.25) is 0 Å². The number of aromatic nitrogens is 2. The minimum absolute atomic E-state index is 0.180. The maximum Gasteiger partial charge on any atom is 0.273 e. The number of aliphatic imine (C=N–C) groups is 1. The van der Waals surface area contributed by atoms with E-state index in [0.29, 0.717) is 12.1 Å². The fourth-order valence-corrected chi connectivity index (χ4v) is 1.94. The van der Waals surface area contributed by atoms with Crippen LogP contribution in [-0.4, -0.2) is 15.9 Å². The van der Waals surface area contributed by atoms with Gasteiger partial charge < -0.3 is 4.42 Å². The summed E-state index contributed by atoms with van der Waals surface area (Å²) in [4.78, 5) is 15.9. The number of hydrogen-bond donors (Lipinski definition) is 1. The Bertz CT molecular complexity index is 623. The Kier molecular flexibility index (Phi) is 1.80. The molecule has 5 heteroatoms. The first-order valence-corrected chi connectivity index (χ1v) is 4.93. The van der Waals surface area contributed by atoms with Crippen molar-refractivity contribution in [2.45, 2.75) is 13.5 Å². The molecular weight excluding hydrogens is 206 g/mol. The molecule has 0 bridgehead atoms. The molecule has 2 aromatic rings. The molecule has 0 saturated carbocycles. The molecule has 0 atom stereocenters. The molecule has 1 aliphatic heterocycles. The van der Waals surface area contributed by atoms with Crippen LogP contribution < -0.4 is 5.56 Å². The van der Waals surface area contributed by atoms with E-state index in [9.17, 15) is 4.79 Å². The number of fused-ring (bicyclic) bond motifs is 1. The van der Waals surface area contributed by atoms with Crippen molar-refractivity contribution in [1.82, 2.24) is 10.2 Å². The van der Waals surface area contributed by atoms with E-state index < -0.39 is 0 Å². The third-order valence-electron chi connectivity index (χ3n) is 2.71. The molecule has 5 nitrogen and oxygen atoms in total. The molecule has 3 heterocycles. The smallest absolute Gasteiger partial charge is 0.273 e. The Morgan fingerprint density at radius 1 is 1.50 bits per heavy atom. The van der Waals surface area contributed by atoms with Crippen molar-refractivity contribution in [2.24, 2.45) is 4.99 Å². The van der Waals surface area contributed by atoms with E-state index >= 15 is 0 Å². The summed E-state index contributed by atoms with van der Waals surface area (Å²) in [5.74, 6) is 0. The van der Waals surface area contributed by atoms with Gasteiger partial charge in [0.05, 0.1) is 30.3 Å². The number of H-pyrrole nitrogens is 1. The largest absolute Gasteiger partial charge is 0.472 e. The second-order valence-corrected chi connectivity index (χ2v) is 3.67. The lowest BCUT2D eigenvalue weighted by Crippen LogP contribution is -2.18. The van der Waals surface area contributed by atoms with E-state index in [1.54, 1.807) is 12.5 Å². The predicted molar refractivity (Wildman–Crippen MR) is 58.5 cm³/mol. The van der Waals surface area contributed by atoms with E-state index in [0.717, 1.165) is 22.5 Å². The second-order valence-electron chi connectivity index (χ2n) is 3.67. The molecule has 0 spiro atoms. The molecule has 0 fully saturated rings. The Labute approximate surface area is 90.8 Å². The fraction of sp³-hybridized carbons (Fsp3) is 0.182. The summed E-state index contributed by atoms with van der Waals surface area (Å²) in [6, 6.07) is 1.81. The first kappa shape index (κ1) is 9.08. The lowest BCUT2D eigenvalue weighted by Gasteiger charge is -2.03. The van der Waals surface area contributed by atoms with Crippen molar-refractivity contribution < 1.29 is 4.42 Å². The average molecular weight is 215 g/mol. The van der Waals surface area contributed by atoms with E-state index in [1.807, 2.05) is 13.0 Å². The summed E-state index contributed by atoms with van der Waals surface area (Å²) < 4.78 is 5.02. The average Bonchev–Trinajstić information content (AvgIpc) is 2.89. The molecule has 0 saturated heterocycles. The number of hydrogen-bond acceptors (Lipinski definition) is 4. The number of nitrogens with one attached hydrogen (secondary N) is 1. The van der Waals surface area contributed by atoms with Crippen LogP contribution in [0.2, 0.25) is 0 Å². The Morgan fingerprint density at radius 3 is 3.12 bits per heavy atom. The molecule has 0 radical (unpaired) electrons. The maximum absolute atomic E-state index is 11.6. The molecule has 0 amide bonds. The molecule has 16 heavy (non-hydrogen) atoms. The lowest BCUT2D eigenvalue weighted by atomic mass is 10.0. The summed E-state index contributed by atoms with van der Waals surface area (Å²) in [7, 11) is 0. The SMILES string of the molecule is CC1=NCc2c(-c3ccoc3)n[nH]c(=O)c21. The van der Waals surface area contributed by atoms with Crippen molar-refractivity contribution in [2.75, 3.05) is 0 Å². The maximum atomic E-state index is 11.6. The fourth-order valence-electron chi connectivity index (χ4n) is 1.94. The van der Waals surface area contributed by atoms with Crippen LogP contribution in [0.4, 0.5) is 0 Å². The van der Waals surface area contributed by atoms with Gasteiger partial charge in [0.25, 0.3) is 5.56 Å². The Morgan fingerprint density at radius 2 is 2.38 bits per heavy atom. The van der Waals surface area contributed by atoms with Crippen LogP contribution in [0, 0.1) is 0 Å². The van der Waals surface area contributed by atoms with Crippen LogP contribution in [0.3, 0.4) is 0 Å². The van der Waals surface area contributed by atoms with Crippen molar-refractivity contribution in [3.63, 3.8) is 0 Å². The molecule has 1 N–H and O–H groups in total. The van der Waals surface area contributed by atoms with Gasteiger partial charge in [-0.15, -0.1) is 0 Å². The molecule has 3 rings (SSSR count).